The Morgan fingerprint density at radius 1 is 1.50 bits per heavy atom. The summed E-state index contributed by atoms with van der Waals surface area (Å²) in [7, 11) is 0. The van der Waals surface area contributed by atoms with Gasteiger partial charge in [-0.25, -0.2) is 9.18 Å². The van der Waals surface area contributed by atoms with E-state index in [1.165, 1.54) is 17.0 Å². The van der Waals surface area contributed by atoms with Crippen LogP contribution in [-0.4, -0.2) is 54.3 Å². The Morgan fingerprint density at radius 2 is 2.27 bits per heavy atom. The van der Waals surface area contributed by atoms with Crippen molar-refractivity contribution in [3.63, 3.8) is 0 Å². The molecule has 6 nitrogen and oxygen atoms in total. The van der Waals surface area contributed by atoms with Crippen LogP contribution in [0.3, 0.4) is 0 Å². The average Bonchev–Trinajstić information content (AvgIpc) is 2.49. The number of halogens is 2. The largest absolute Gasteiger partial charge is 0.491 e. The SMILES string of the molecule is O=C(O)C1COCCN1C(=O)CCOc1ccc(F)cc1Cl. The number of hydrogen-bond donors (Lipinski definition) is 1. The van der Waals surface area contributed by atoms with E-state index in [1.807, 2.05) is 0 Å². The maximum atomic E-state index is 12.9. The zero-order valence-corrected chi connectivity index (χ0v) is 12.4. The minimum Gasteiger partial charge on any atom is -0.491 e. The van der Waals surface area contributed by atoms with E-state index in [-0.39, 0.29) is 42.9 Å². The van der Waals surface area contributed by atoms with E-state index < -0.39 is 17.8 Å². The Hall–Kier alpha value is -1.86. The molecule has 1 saturated heterocycles. The summed E-state index contributed by atoms with van der Waals surface area (Å²) in [5, 5.41) is 9.18. The molecular weight excluding hydrogens is 317 g/mol. The smallest absolute Gasteiger partial charge is 0.328 e. The number of amides is 1. The van der Waals surface area contributed by atoms with Crippen molar-refractivity contribution in [3.8, 4) is 5.75 Å². The van der Waals surface area contributed by atoms with Crippen molar-refractivity contribution in [3.05, 3.63) is 29.0 Å². The van der Waals surface area contributed by atoms with Crippen LogP contribution in [0.25, 0.3) is 0 Å². The number of morpholine rings is 1. The third-order valence-corrected chi connectivity index (χ3v) is 3.50. The van der Waals surface area contributed by atoms with Crippen molar-refractivity contribution < 1.29 is 28.6 Å². The number of ether oxygens (including phenoxy) is 2. The molecular formula is C14H15ClFNO5. The summed E-state index contributed by atoms with van der Waals surface area (Å²) >= 11 is 5.80. The zero-order chi connectivity index (χ0) is 16.1. The standard InChI is InChI=1S/C14H15ClFNO5/c15-10-7-9(16)1-2-12(10)22-5-3-13(18)17-4-6-21-8-11(17)14(19)20/h1-2,7,11H,3-6,8H2,(H,19,20). The number of hydrogen-bond acceptors (Lipinski definition) is 4. The molecule has 0 aliphatic carbocycles. The van der Waals surface area contributed by atoms with E-state index >= 15 is 0 Å². The van der Waals surface area contributed by atoms with Gasteiger partial charge >= 0.3 is 5.97 Å². The van der Waals surface area contributed by atoms with Crippen molar-refractivity contribution in [1.82, 2.24) is 4.90 Å². The summed E-state index contributed by atoms with van der Waals surface area (Å²) in [6, 6.07) is 2.71. The molecule has 1 amide bonds. The summed E-state index contributed by atoms with van der Waals surface area (Å²) in [5.41, 5.74) is 0. The quantitative estimate of drug-likeness (QED) is 0.886. The predicted octanol–water partition coefficient (Wildman–Crippen LogP) is 1.56. The van der Waals surface area contributed by atoms with Crippen LogP contribution in [0.4, 0.5) is 4.39 Å². The lowest BCUT2D eigenvalue weighted by Gasteiger charge is -2.32. The van der Waals surface area contributed by atoms with Crippen LogP contribution in [0.5, 0.6) is 5.75 Å². The Morgan fingerprint density at radius 3 is 2.95 bits per heavy atom. The first-order valence-electron chi connectivity index (χ1n) is 6.67. The van der Waals surface area contributed by atoms with Crippen molar-refractivity contribution >= 4 is 23.5 Å². The number of benzene rings is 1. The summed E-state index contributed by atoms with van der Waals surface area (Å²) < 4.78 is 23.3. The molecule has 1 N–H and O–H groups in total. The monoisotopic (exact) mass is 331 g/mol. The zero-order valence-electron chi connectivity index (χ0n) is 11.6. The molecule has 0 radical (unpaired) electrons. The van der Waals surface area contributed by atoms with E-state index in [2.05, 4.69) is 0 Å². The van der Waals surface area contributed by atoms with E-state index in [1.54, 1.807) is 0 Å². The number of rotatable bonds is 5. The van der Waals surface area contributed by atoms with E-state index in [0.717, 1.165) is 6.07 Å². The first-order chi connectivity index (χ1) is 10.5. The Balaban J connectivity index is 1.87. The molecule has 8 heteroatoms. The minimum atomic E-state index is -1.10. The molecule has 1 aliphatic rings. The second kappa shape index (κ2) is 7.42. The second-order valence-corrected chi connectivity index (χ2v) is 5.10. The number of carbonyl (C=O) groups excluding carboxylic acids is 1. The molecule has 2 rings (SSSR count). The summed E-state index contributed by atoms with van der Waals surface area (Å²) in [4.78, 5) is 24.4. The van der Waals surface area contributed by atoms with Gasteiger partial charge in [0.05, 0.1) is 31.3 Å². The van der Waals surface area contributed by atoms with Crippen LogP contribution in [0.1, 0.15) is 6.42 Å². The van der Waals surface area contributed by atoms with Crippen LogP contribution < -0.4 is 4.74 Å². The van der Waals surface area contributed by atoms with Gasteiger partial charge in [-0.15, -0.1) is 0 Å². The van der Waals surface area contributed by atoms with Crippen molar-refractivity contribution in [2.45, 2.75) is 12.5 Å². The van der Waals surface area contributed by atoms with E-state index in [0.29, 0.717) is 6.61 Å². The average molecular weight is 332 g/mol. The minimum absolute atomic E-state index is 0.00249. The van der Waals surface area contributed by atoms with Crippen molar-refractivity contribution in [1.29, 1.82) is 0 Å². The lowest BCUT2D eigenvalue weighted by molar-refractivity contribution is -0.158. The molecule has 1 atom stereocenters. The van der Waals surface area contributed by atoms with Crippen molar-refractivity contribution in [2.24, 2.45) is 0 Å². The molecule has 0 spiro atoms. The molecule has 1 aromatic carbocycles. The number of carbonyl (C=O) groups is 2. The number of carboxylic acid groups (broad SMARTS) is 1. The highest BCUT2D eigenvalue weighted by Gasteiger charge is 2.32. The maximum Gasteiger partial charge on any atom is 0.328 e. The fourth-order valence-corrected chi connectivity index (χ4v) is 2.31. The van der Waals surface area contributed by atoms with Gasteiger partial charge in [0, 0.05) is 6.54 Å². The van der Waals surface area contributed by atoms with Crippen LogP contribution >= 0.6 is 11.6 Å². The molecule has 1 aromatic rings. The fraction of sp³-hybridized carbons (Fsp3) is 0.429. The highest BCUT2D eigenvalue weighted by Crippen LogP contribution is 2.25. The van der Waals surface area contributed by atoms with Gasteiger partial charge in [-0.3, -0.25) is 4.79 Å². The van der Waals surface area contributed by atoms with Gasteiger partial charge in [0.1, 0.15) is 11.6 Å². The molecule has 0 aromatic heterocycles. The molecule has 0 saturated carbocycles. The Labute approximate surface area is 131 Å². The maximum absolute atomic E-state index is 12.9. The lowest BCUT2D eigenvalue weighted by atomic mass is 10.2. The van der Waals surface area contributed by atoms with Gasteiger partial charge in [-0.05, 0) is 18.2 Å². The van der Waals surface area contributed by atoms with Crippen molar-refractivity contribution in [2.75, 3.05) is 26.4 Å². The van der Waals surface area contributed by atoms with Crippen LogP contribution in [0.15, 0.2) is 18.2 Å². The van der Waals surface area contributed by atoms with Crippen LogP contribution in [0.2, 0.25) is 5.02 Å². The van der Waals surface area contributed by atoms with Gasteiger partial charge < -0.3 is 19.5 Å². The molecule has 0 bridgehead atoms. The summed E-state index contributed by atoms with van der Waals surface area (Å²) in [5.74, 6) is -1.65. The Kier molecular flexibility index (Phi) is 5.57. The van der Waals surface area contributed by atoms with Gasteiger partial charge in [-0.2, -0.15) is 0 Å². The topological polar surface area (TPSA) is 76.1 Å². The molecule has 120 valence electrons. The molecule has 1 fully saturated rings. The third-order valence-electron chi connectivity index (χ3n) is 3.20. The summed E-state index contributed by atoms with van der Waals surface area (Å²) in [6.45, 7) is 0.535. The lowest BCUT2D eigenvalue weighted by Crippen LogP contribution is -2.52. The second-order valence-electron chi connectivity index (χ2n) is 4.69. The predicted molar refractivity (Wildman–Crippen MR) is 75.5 cm³/mol. The fourth-order valence-electron chi connectivity index (χ4n) is 2.09. The van der Waals surface area contributed by atoms with Crippen LogP contribution in [-0.2, 0) is 14.3 Å². The normalized spacial score (nSPS) is 18.1. The first kappa shape index (κ1) is 16.5. The molecule has 1 heterocycles. The van der Waals surface area contributed by atoms with Gasteiger partial charge in [0.15, 0.2) is 6.04 Å². The number of aliphatic carboxylic acids is 1. The van der Waals surface area contributed by atoms with E-state index in [9.17, 15) is 14.0 Å². The Bertz CT molecular complexity index is 568. The first-order valence-corrected chi connectivity index (χ1v) is 7.04. The van der Waals surface area contributed by atoms with Gasteiger partial charge in [0.2, 0.25) is 5.91 Å². The highest BCUT2D eigenvalue weighted by molar-refractivity contribution is 6.32. The van der Waals surface area contributed by atoms with Crippen LogP contribution in [0, 0.1) is 5.82 Å². The van der Waals surface area contributed by atoms with Gasteiger partial charge in [0.25, 0.3) is 0 Å². The molecule has 1 unspecified atom stereocenters. The number of carboxylic acids is 1. The molecule has 1 aliphatic heterocycles. The number of nitrogens with zero attached hydrogens (tertiary/aromatic N) is 1. The highest BCUT2D eigenvalue weighted by atomic mass is 35.5. The van der Waals surface area contributed by atoms with Gasteiger partial charge in [-0.1, -0.05) is 11.6 Å². The molecule has 22 heavy (non-hydrogen) atoms. The van der Waals surface area contributed by atoms with E-state index in [4.69, 9.17) is 26.2 Å². The third kappa shape index (κ3) is 4.08. The summed E-state index contributed by atoms with van der Waals surface area (Å²) in [6.07, 6.45) is -0.00249.